The number of aliphatic hydroxyl groups is 2. The van der Waals surface area contributed by atoms with Crippen molar-refractivity contribution in [2.24, 2.45) is 0 Å². The first-order chi connectivity index (χ1) is 11.9. The number of aliphatic hydroxyl groups excluding tert-OH is 2. The van der Waals surface area contributed by atoms with E-state index in [0.717, 1.165) is 0 Å². The Morgan fingerprint density at radius 1 is 1.12 bits per heavy atom. The summed E-state index contributed by atoms with van der Waals surface area (Å²) in [5, 5.41) is 31.0. The van der Waals surface area contributed by atoms with E-state index in [0.29, 0.717) is 23.0 Å². The van der Waals surface area contributed by atoms with Crippen molar-refractivity contribution in [3.8, 4) is 11.5 Å². The van der Waals surface area contributed by atoms with Crippen molar-refractivity contribution in [3.05, 3.63) is 30.2 Å². The van der Waals surface area contributed by atoms with Crippen LogP contribution in [0.1, 0.15) is 19.2 Å². The number of carbonyl (C=O) groups is 2. The van der Waals surface area contributed by atoms with Gasteiger partial charge in [-0.25, -0.2) is 0 Å². The third kappa shape index (κ3) is 4.40. The Morgan fingerprint density at radius 3 is 2.24 bits per heavy atom. The van der Waals surface area contributed by atoms with Gasteiger partial charge in [0.25, 0.3) is 0 Å². The average molecular weight is 348 g/mol. The summed E-state index contributed by atoms with van der Waals surface area (Å²) >= 11 is 0. The fourth-order valence-electron chi connectivity index (χ4n) is 2.04. The molecule has 1 aromatic heterocycles. The second-order valence-electron chi connectivity index (χ2n) is 5.56. The summed E-state index contributed by atoms with van der Waals surface area (Å²) in [5.74, 6) is -1.05. The van der Waals surface area contributed by atoms with Crippen LogP contribution in [0.25, 0.3) is 11.5 Å². The van der Waals surface area contributed by atoms with Crippen molar-refractivity contribution in [1.82, 2.24) is 15.5 Å². The van der Waals surface area contributed by atoms with Crippen LogP contribution in [0, 0.1) is 6.92 Å². The number of aryl methyl sites for hydroxylation is 1. The van der Waals surface area contributed by atoms with Crippen molar-refractivity contribution < 1.29 is 24.2 Å². The number of benzene rings is 1. The van der Waals surface area contributed by atoms with E-state index in [1.165, 1.54) is 0 Å². The molecule has 0 aliphatic rings. The first-order valence-electron chi connectivity index (χ1n) is 7.69. The number of carbonyl (C=O) groups excluding carboxylic acids is 2. The van der Waals surface area contributed by atoms with Crippen LogP contribution in [0.5, 0.6) is 0 Å². The predicted octanol–water partition coefficient (Wildman–Crippen LogP) is 0.233. The SMILES string of the molecule is CCC(CO)(CO)NC(=O)C(=O)Nc1ccc(-c2nnc(C)o2)cc1. The first-order valence-corrected chi connectivity index (χ1v) is 7.69. The quantitative estimate of drug-likeness (QED) is 0.548. The average Bonchev–Trinajstić information content (AvgIpc) is 3.06. The maximum atomic E-state index is 12.0. The highest BCUT2D eigenvalue weighted by Gasteiger charge is 2.31. The number of anilines is 1. The third-order valence-electron chi connectivity index (χ3n) is 3.78. The van der Waals surface area contributed by atoms with E-state index in [1.54, 1.807) is 38.1 Å². The summed E-state index contributed by atoms with van der Waals surface area (Å²) in [5.41, 5.74) is -0.155. The molecule has 4 N–H and O–H groups in total. The number of amides is 2. The summed E-state index contributed by atoms with van der Waals surface area (Å²) in [6.45, 7) is 2.41. The smallest absolute Gasteiger partial charge is 0.313 e. The van der Waals surface area contributed by atoms with Crippen molar-refractivity contribution >= 4 is 17.5 Å². The monoisotopic (exact) mass is 348 g/mol. The first kappa shape index (κ1) is 18.6. The lowest BCUT2D eigenvalue weighted by atomic mass is 9.98. The number of rotatable bonds is 6. The van der Waals surface area contributed by atoms with Gasteiger partial charge in [0.15, 0.2) is 0 Å². The lowest BCUT2D eigenvalue weighted by Crippen LogP contribution is -2.56. The minimum absolute atomic E-state index is 0.275. The number of nitrogens with zero attached hydrogens (tertiary/aromatic N) is 2. The topological polar surface area (TPSA) is 138 Å². The van der Waals surface area contributed by atoms with Gasteiger partial charge in [0.2, 0.25) is 11.8 Å². The van der Waals surface area contributed by atoms with Crippen molar-refractivity contribution in [2.75, 3.05) is 18.5 Å². The van der Waals surface area contributed by atoms with E-state index in [1.807, 2.05) is 0 Å². The molecule has 2 rings (SSSR count). The minimum atomic E-state index is -1.23. The Kier molecular flexibility index (Phi) is 5.84. The molecule has 0 saturated carbocycles. The molecule has 1 aromatic carbocycles. The lowest BCUT2D eigenvalue weighted by Gasteiger charge is -2.29. The van der Waals surface area contributed by atoms with Gasteiger partial charge in [-0.05, 0) is 30.7 Å². The van der Waals surface area contributed by atoms with E-state index >= 15 is 0 Å². The van der Waals surface area contributed by atoms with Gasteiger partial charge in [0.05, 0.1) is 18.8 Å². The molecule has 2 amide bonds. The van der Waals surface area contributed by atoms with Crippen LogP contribution in [0.4, 0.5) is 5.69 Å². The molecule has 0 atom stereocenters. The number of aromatic nitrogens is 2. The van der Waals surface area contributed by atoms with E-state index in [-0.39, 0.29) is 6.42 Å². The lowest BCUT2D eigenvalue weighted by molar-refractivity contribution is -0.138. The molecule has 0 aliphatic carbocycles. The number of hydrogen-bond acceptors (Lipinski definition) is 7. The second-order valence-corrected chi connectivity index (χ2v) is 5.56. The largest absolute Gasteiger partial charge is 0.421 e. The van der Waals surface area contributed by atoms with Crippen molar-refractivity contribution in [1.29, 1.82) is 0 Å². The summed E-state index contributed by atoms with van der Waals surface area (Å²) in [6, 6.07) is 6.51. The molecule has 0 fully saturated rings. The molecule has 0 radical (unpaired) electrons. The number of nitrogens with one attached hydrogen (secondary N) is 2. The van der Waals surface area contributed by atoms with Crippen LogP contribution in [0.2, 0.25) is 0 Å². The van der Waals surface area contributed by atoms with E-state index < -0.39 is 30.6 Å². The molecule has 134 valence electrons. The maximum Gasteiger partial charge on any atom is 0.313 e. The number of hydrogen-bond donors (Lipinski definition) is 4. The summed E-state index contributed by atoms with van der Waals surface area (Å²) < 4.78 is 5.30. The zero-order valence-corrected chi connectivity index (χ0v) is 13.9. The fourth-order valence-corrected chi connectivity index (χ4v) is 2.04. The van der Waals surface area contributed by atoms with Gasteiger partial charge in [-0.1, -0.05) is 6.92 Å². The van der Waals surface area contributed by atoms with Crippen LogP contribution in [-0.2, 0) is 9.59 Å². The fraction of sp³-hybridized carbons (Fsp3) is 0.375. The molecule has 0 unspecified atom stereocenters. The zero-order chi connectivity index (χ0) is 18.4. The Labute approximate surface area is 144 Å². The van der Waals surface area contributed by atoms with Gasteiger partial charge in [-0.3, -0.25) is 9.59 Å². The van der Waals surface area contributed by atoms with Crippen LogP contribution < -0.4 is 10.6 Å². The Morgan fingerprint density at radius 2 is 1.76 bits per heavy atom. The maximum absolute atomic E-state index is 12.0. The van der Waals surface area contributed by atoms with Gasteiger partial charge in [0.1, 0.15) is 0 Å². The van der Waals surface area contributed by atoms with Crippen LogP contribution >= 0.6 is 0 Å². The van der Waals surface area contributed by atoms with E-state index in [4.69, 9.17) is 4.42 Å². The molecule has 0 saturated heterocycles. The molecule has 0 bridgehead atoms. The third-order valence-corrected chi connectivity index (χ3v) is 3.78. The Hall–Kier alpha value is -2.78. The minimum Gasteiger partial charge on any atom is -0.421 e. The van der Waals surface area contributed by atoms with Gasteiger partial charge >= 0.3 is 11.8 Å². The van der Waals surface area contributed by atoms with Gasteiger partial charge in [-0.15, -0.1) is 10.2 Å². The molecule has 9 nitrogen and oxygen atoms in total. The van der Waals surface area contributed by atoms with Crippen molar-refractivity contribution in [2.45, 2.75) is 25.8 Å². The van der Waals surface area contributed by atoms with E-state index in [2.05, 4.69) is 20.8 Å². The van der Waals surface area contributed by atoms with Crippen molar-refractivity contribution in [3.63, 3.8) is 0 Å². The standard InChI is InChI=1S/C16H20N4O5/c1-3-16(8-21,9-22)18-14(24)13(23)17-12-6-4-11(5-7-12)15-20-19-10(2)25-15/h4-7,21-22H,3,8-9H2,1-2H3,(H,17,23)(H,18,24). The van der Waals surface area contributed by atoms with Gasteiger partial charge in [0, 0.05) is 18.2 Å². The Bertz CT molecular complexity index is 729. The highest BCUT2D eigenvalue weighted by atomic mass is 16.4. The summed E-state index contributed by atoms with van der Waals surface area (Å²) in [6.07, 6.45) is 0.275. The van der Waals surface area contributed by atoms with Gasteiger partial charge in [-0.2, -0.15) is 0 Å². The summed E-state index contributed by atoms with van der Waals surface area (Å²) in [7, 11) is 0. The molecule has 0 aliphatic heterocycles. The highest BCUT2D eigenvalue weighted by molar-refractivity contribution is 6.39. The van der Waals surface area contributed by atoms with Crippen LogP contribution in [0.3, 0.4) is 0 Å². The second kappa shape index (κ2) is 7.86. The molecular weight excluding hydrogens is 328 g/mol. The van der Waals surface area contributed by atoms with Gasteiger partial charge < -0.3 is 25.3 Å². The van der Waals surface area contributed by atoms with Crippen LogP contribution in [0.15, 0.2) is 28.7 Å². The van der Waals surface area contributed by atoms with Crippen LogP contribution in [-0.4, -0.2) is 51.0 Å². The molecular formula is C16H20N4O5. The van der Waals surface area contributed by atoms with E-state index in [9.17, 15) is 19.8 Å². The molecule has 1 heterocycles. The molecule has 0 spiro atoms. The summed E-state index contributed by atoms with van der Waals surface area (Å²) in [4.78, 5) is 23.9. The molecule has 2 aromatic rings. The highest BCUT2D eigenvalue weighted by Crippen LogP contribution is 2.20. The normalized spacial score (nSPS) is 11.2. The predicted molar refractivity (Wildman–Crippen MR) is 88.4 cm³/mol. The zero-order valence-electron chi connectivity index (χ0n) is 13.9. The molecule has 9 heteroatoms. The molecule has 25 heavy (non-hydrogen) atoms. The Balaban J connectivity index is 2.01.